The first-order valence-corrected chi connectivity index (χ1v) is 11.9. The maximum Gasteiger partial charge on any atom is 0.407 e. The first-order chi connectivity index (χ1) is 16.8. The van der Waals surface area contributed by atoms with Crippen LogP contribution in [-0.2, 0) is 19.1 Å². The first kappa shape index (κ1) is 26.2. The molecule has 1 aliphatic carbocycles. The van der Waals surface area contributed by atoms with Gasteiger partial charge in [-0.15, -0.1) is 0 Å². The number of carbonyl (C=O) groups is 3. The third kappa shape index (κ3) is 6.82. The van der Waals surface area contributed by atoms with E-state index in [1.165, 1.54) is 7.11 Å². The van der Waals surface area contributed by atoms with Crippen molar-refractivity contribution in [3.8, 4) is 11.1 Å². The van der Waals surface area contributed by atoms with Crippen molar-refractivity contribution in [2.24, 2.45) is 11.8 Å². The molecule has 0 saturated heterocycles. The van der Waals surface area contributed by atoms with E-state index in [4.69, 9.17) is 9.47 Å². The van der Waals surface area contributed by atoms with Crippen molar-refractivity contribution in [1.29, 1.82) is 0 Å². The lowest BCUT2D eigenvalue weighted by Crippen LogP contribution is -2.42. The number of fused-ring (bicyclic) bond motifs is 3. The van der Waals surface area contributed by atoms with Crippen molar-refractivity contribution in [1.82, 2.24) is 10.6 Å². The van der Waals surface area contributed by atoms with E-state index in [-0.39, 0.29) is 38.0 Å². The Morgan fingerprint density at radius 3 is 2.11 bits per heavy atom. The molecule has 2 aromatic rings. The van der Waals surface area contributed by atoms with E-state index in [0.717, 1.165) is 22.3 Å². The fourth-order valence-electron chi connectivity index (χ4n) is 4.49. The van der Waals surface area contributed by atoms with Crippen molar-refractivity contribution in [3.63, 3.8) is 0 Å². The molecule has 2 atom stereocenters. The molecule has 8 nitrogen and oxygen atoms in total. The van der Waals surface area contributed by atoms with E-state index in [2.05, 4.69) is 34.9 Å². The van der Waals surface area contributed by atoms with Crippen molar-refractivity contribution in [2.45, 2.75) is 38.7 Å². The fourth-order valence-corrected chi connectivity index (χ4v) is 4.49. The molecule has 0 aromatic heterocycles. The Bertz CT molecular complexity index is 992. The van der Waals surface area contributed by atoms with Gasteiger partial charge in [0, 0.05) is 32.5 Å². The number of rotatable bonds is 12. The van der Waals surface area contributed by atoms with Crippen LogP contribution in [-0.4, -0.2) is 56.0 Å². The van der Waals surface area contributed by atoms with Gasteiger partial charge in [-0.1, -0.05) is 62.4 Å². The second kappa shape index (κ2) is 12.4. The van der Waals surface area contributed by atoms with Crippen molar-refractivity contribution >= 4 is 18.0 Å². The molecule has 0 heterocycles. The molecule has 0 fully saturated rings. The summed E-state index contributed by atoms with van der Waals surface area (Å²) < 4.78 is 10.7. The number of ether oxygens (including phenoxy) is 2. The van der Waals surface area contributed by atoms with Crippen molar-refractivity contribution < 1.29 is 29.0 Å². The summed E-state index contributed by atoms with van der Waals surface area (Å²) in [5, 5.41) is 14.6. The Kier molecular flexibility index (Phi) is 9.25. The number of benzene rings is 2. The monoisotopic (exact) mass is 482 g/mol. The predicted molar refractivity (Wildman–Crippen MR) is 132 cm³/mol. The van der Waals surface area contributed by atoms with E-state index in [1.54, 1.807) is 0 Å². The molecular weight excluding hydrogens is 448 g/mol. The highest BCUT2D eigenvalue weighted by molar-refractivity contribution is 5.82. The third-order valence-electron chi connectivity index (χ3n) is 6.22. The smallest absolute Gasteiger partial charge is 0.407 e. The molecule has 2 unspecified atom stereocenters. The molecule has 3 N–H and O–H groups in total. The van der Waals surface area contributed by atoms with Crippen LogP contribution >= 0.6 is 0 Å². The number of hydrogen-bond donors (Lipinski definition) is 3. The van der Waals surface area contributed by atoms with Crippen LogP contribution in [0, 0.1) is 11.8 Å². The summed E-state index contributed by atoms with van der Waals surface area (Å²) in [6.45, 7) is 4.29. The Morgan fingerprint density at radius 1 is 0.971 bits per heavy atom. The lowest BCUT2D eigenvalue weighted by atomic mass is 9.97. The maximum absolute atomic E-state index is 12.4. The summed E-state index contributed by atoms with van der Waals surface area (Å²) in [5.74, 6) is -1.83. The average molecular weight is 483 g/mol. The zero-order valence-electron chi connectivity index (χ0n) is 20.5. The molecule has 2 aromatic carbocycles. The molecule has 1 aliphatic rings. The van der Waals surface area contributed by atoms with Crippen LogP contribution in [0.1, 0.15) is 43.7 Å². The van der Waals surface area contributed by atoms with Crippen LogP contribution in [0.4, 0.5) is 4.79 Å². The largest absolute Gasteiger partial charge is 0.481 e. The molecule has 188 valence electrons. The summed E-state index contributed by atoms with van der Waals surface area (Å²) in [6.07, 6.45) is -0.673. The van der Waals surface area contributed by atoms with Gasteiger partial charge in [0.25, 0.3) is 0 Å². The van der Waals surface area contributed by atoms with Gasteiger partial charge < -0.3 is 25.2 Å². The Balaban J connectivity index is 1.45. The van der Waals surface area contributed by atoms with Gasteiger partial charge in [0.15, 0.2) is 0 Å². The van der Waals surface area contributed by atoms with Crippen LogP contribution in [0.25, 0.3) is 11.1 Å². The van der Waals surface area contributed by atoms with Crippen molar-refractivity contribution in [3.05, 3.63) is 59.7 Å². The predicted octanol–water partition coefficient (Wildman–Crippen LogP) is 3.79. The molecule has 2 amide bonds. The molecule has 35 heavy (non-hydrogen) atoms. The zero-order valence-corrected chi connectivity index (χ0v) is 20.5. The van der Waals surface area contributed by atoms with Gasteiger partial charge in [-0.2, -0.15) is 0 Å². The SMILES string of the molecule is COC(CCNC(=O)OCC1c2ccccc2-c2ccccc21)C(=O)NCC(CC(C)C)C(=O)O. The Labute approximate surface area is 206 Å². The number of methoxy groups -OCH3 is 1. The Morgan fingerprint density at radius 2 is 1.57 bits per heavy atom. The second-order valence-corrected chi connectivity index (χ2v) is 9.18. The summed E-state index contributed by atoms with van der Waals surface area (Å²) in [4.78, 5) is 36.1. The highest BCUT2D eigenvalue weighted by atomic mass is 16.5. The minimum absolute atomic E-state index is 0.0290. The number of amides is 2. The van der Waals surface area contributed by atoms with Crippen LogP contribution in [0.15, 0.2) is 48.5 Å². The quantitative estimate of drug-likeness (QED) is 0.424. The molecule has 0 spiro atoms. The molecule has 3 rings (SSSR count). The van der Waals surface area contributed by atoms with Gasteiger partial charge in [-0.05, 0) is 34.6 Å². The number of nitrogens with one attached hydrogen (secondary N) is 2. The number of carboxylic acids is 1. The first-order valence-electron chi connectivity index (χ1n) is 11.9. The van der Waals surface area contributed by atoms with E-state index >= 15 is 0 Å². The molecule has 8 heteroatoms. The van der Waals surface area contributed by atoms with Crippen LogP contribution in [0.5, 0.6) is 0 Å². The number of aliphatic carboxylic acids is 1. The lowest BCUT2D eigenvalue weighted by Gasteiger charge is -2.19. The summed E-state index contributed by atoms with van der Waals surface area (Å²) in [5.41, 5.74) is 4.58. The van der Waals surface area contributed by atoms with Crippen LogP contribution < -0.4 is 10.6 Å². The second-order valence-electron chi connectivity index (χ2n) is 9.18. The molecule has 0 aliphatic heterocycles. The highest BCUT2D eigenvalue weighted by Crippen LogP contribution is 2.44. The molecule has 0 saturated carbocycles. The number of carboxylic acid groups (broad SMARTS) is 1. The minimum Gasteiger partial charge on any atom is -0.481 e. The van der Waals surface area contributed by atoms with Gasteiger partial charge in [0.05, 0.1) is 5.92 Å². The number of hydrogen-bond acceptors (Lipinski definition) is 5. The van der Waals surface area contributed by atoms with E-state index < -0.39 is 30.0 Å². The molecular formula is C27H34N2O6. The van der Waals surface area contributed by atoms with Crippen molar-refractivity contribution in [2.75, 3.05) is 26.8 Å². The van der Waals surface area contributed by atoms with Crippen LogP contribution in [0.3, 0.4) is 0 Å². The highest BCUT2D eigenvalue weighted by Gasteiger charge is 2.29. The summed E-state index contributed by atoms with van der Waals surface area (Å²) >= 11 is 0. The topological polar surface area (TPSA) is 114 Å². The fraction of sp³-hybridized carbons (Fsp3) is 0.444. The molecule has 0 radical (unpaired) electrons. The summed E-state index contributed by atoms with van der Waals surface area (Å²) in [6, 6.07) is 16.2. The van der Waals surface area contributed by atoms with E-state index in [0.29, 0.717) is 6.42 Å². The molecule has 0 bridgehead atoms. The zero-order chi connectivity index (χ0) is 25.4. The average Bonchev–Trinajstić information content (AvgIpc) is 3.16. The standard InChI is InChI=1S/C27H34N2O6/c1-17(2)14-18(26(31)32)15-29-25(30)24(34-3)12-13-28-27(33)35-16-23-21-10-6-4-8-19(21)20-9-5-7-11-22(20)23/h4-11,17-18,23-24H,12-16H2,1-3H3,(H,28,33)(H,29,30)(H,31,32). The normalized spacial score (nSPS) is 14.1. The van der Waals surface area contributed by atoms with Gasteiger partial charge in [0.2, 0.25) is 5.91 Å². The van der Waals surface area contributed by atoms with Gasteiger partial charge >= 0.3 is 12.1 Å². The van der Waals surface area contributed by atoms with Gasteiger partial charge in [-0.25, -0.2) is 4.79 Å². The summed E-state index contributed by atoms with van der Waals surface area (Å²) in [7, 11) is 1.40. The number of alkyl carbamates (subject to hydrolysis) is 1. The number of carbonyl (C=O) groups excluding carboxylic acids is 2. The van der Waals surface area contributed by atoms with Gasteiger partial charge in [0.1, 0.15) is 12.7 Å². The minimum atomic E-state index is -0.940. The van der Waals surface area contributed by atoms with Gasteiger partial charge in [-0.3, -0.25) is 9.59 Å². The van der Waals surface area contributed by atoms with E-state index in [9.17, 15) is 19.5 Å². The van der Waals surface area contributed by atoms with E-state index in [1.807, 2.05) is 38.1 Å². The van der Waals surface area contributed by atoms with Crippen LogP contribution in [0.2, 0.25) is 0 Å². The third-order valence-corrected chi connectivity index (χ3v) is 6.22. The Hall–Kier alpha value is -3.39. The maximum atomic E-state index is 12.4. The lowest BCUT2D eigenvalue weighted by molar-refractivity contribution is -0.142.